The molecule has 1 aromatic heterocycles. The van der Waals surface area contributed by atoms with Crippen LogP contribution in [0.25, 0.3) is 0 Å². The first-order chi connectivity index (χ1) is 15.5. The van der Waals surface area contributed by atoms with Crippen molar-refractivity contribution in [2.24, 2.45) is 0 Å². The molecule has 32 heavy (non-hydrogen) atoms. The number of hydrogen-bond acceptors (Lipinski definition) is 5. The van der Waals surface area contributed by atoms with Crippen LogP contribution in [0.1, 0.15) is 21.5 Å². The van der Waals surface area contributed by atoms with Crippen molar-refractivity contribution in [3.05, 3.63) is 87.5 Å². The van der Waals surface area contributed by atoms with Crippen LogP contribution in [0.15, 0.2) is 60.8 Å². The van der Waals surface area contributed by atoms with Crippen molar-refractivity contribution in [3.8, 4) is 5.75 Å². The van der Waals surface area contributed by atoms with Crippen molar-refractivity contribution in [1.29, 1.82) is 0 Å². The number of aromatic nitrogens is 1. The lowest BCUT2D eigenvalue weighted by molar-refractivity contribution is 0.0697. The molecule has 3 aromatic rings. The molecule has 0 amide bonds. The van der Waals surface area contributed by atoms with Crippen LogP contribution in [-0.4, -0.2) is 47.1 Å². The van der Waals surface area contributed by atoms with Crippen molar-refractivity contribution in [1.82, 2.24) is 9.88 Å². The Hall–Kier alpha value is -2.80. The molecule has 0 atom stereocenters. The highest BCUT2D eigenvalue weighted by molar-refractivity contribution is 6.34. The number of nitrogens with zero attached hydrogens (tertiary/aromatic N) is 3. The Kier molecular flexibility index (Phi) is 7.15. The first-order valence-corrected chi connectivity index (χ1v) is 11.1. The lowest BCUT2D eigenvalue weighted by Crippen LogP contribution is -2.46. The van der Waals surface area contributed by atoms with Crippen LogP contribution in [0.5, 0.6) is 5.75 Å². The summed E-state index contributed by atoms with van der Waals surface area (Å²) in [5.74, 6) is 0.375. The molecule has 1 fully saturated rings. The Balaban J connectivity index is 1.33. The molecule has 0 aliphatic carbocycles. The molecule has 0 saturated carbocycles. The van der Waals surface area contributed by atoms with E-state index >= 15 is 0 Å². The maximum absolute atomic E-state index is 11.5. The van der Waals surface area contributed by atoms with Crippen molar-refractivity contribution in [3.63, 3.8) is 0 Å². The van der Waals surface area contributed by atoms with Crippen LogP contribution in [0.3, 0.4) is 0 Å². The van der Waals surface area contributed by atoms with Crippen LogP contribution in [0.4, 0.5) is 5.82 Å². The molecule has 8 heteroatoms. The van der Waals surface area contributed by atoms with E-state index in [4.69, 9.17) is 27.9 Å². The number of carboxylic acids is 1. The first kappa shape index (κ1) is 22.4. The van der Waals surface area contributed by atoms with E-state index in [0.717, 1.165) is 49.6 Å². The van der Waals surface area contributed by atoms with Crippen molar-refractivity contribution < 1.29 is 14.6 Å². The Morgan fingerprint density at radius 3 is 2.44 bits per heavy atom. The summed E-state index contributed by atoms with van der Waals surface area (Å²) in [6, 6.07) is 16.7. The third-order valence-corrected chi connectivity index (χ3v) is 5.76. The quantitative estimate of drug-likeness (QED) is 0.523. The predicted octanol–water partition coefficient (Wildman–Crippen LogP) is 4.99. The van der Waals surface area contributed by atoms with Gasteiger partial charge in [-0.3, -0.25) is 4.90 Å². The Morgan fingerprint density at radius 2 is 1.72 bits per heavy atom. The number of hydrogen-bond donors (Lipinski definition) is 1. The molecule has 1 N–H and O–H groups in total. The minimum Gasteiger partial charge on any atom is -0.489 e. The summed E-state index contributed by atoms with van der Waals surface area (Å²) in [6.45, 7) is 4.27. The topological polar surface area (TPSA) is 65.9 Å². The second-order valence-corrected chi connectivity index (χ2v) is 8.53. The summed E-state index contributed by atoms with van der Waals surface area (Å²) in [6.07, 6.45) is 1.64. The largest absolute Gasteiger partial charge is 0.489 e. The molecule has 0 unspecified atom stereocenters. The average Bonchev–Trinajstić information content (AvgIpc) is 2.78. The van der Waals surface area contributed by atoms with Gasteiger partial charge in [0.25, 0.3) is 0 Å². The molecule has 1 saturated heterocycles. The number of halogens is 2. The second kappa shape index (κ2) is 10.2. The van der Waals surface area contributed by atoms with Crippen LogP contribution in [-0.2, 0) is 13.2 Å². The number of pyridine rings is 1. The number of anilines is 1. The molecular formula is C24H23Cl2N3O3. The molecule has 0 bridgehead atoms. The Bertz CT molecular complexity index is 1080. The number of piperazine rings is 1. The van der Waals surface area contributed by atoms with E-state index in [0.29, 0.717) is 22.5 Å². The fourth-order valence-corrected chi connectivity index (χ4v) is 4.36. The zero-order chi connectivity index (χ0) is 22.5. The maximum atomic E-state index is 11.5. The fraction of sp³-hybridized carbons (Fsp3) is 0.250. The average molecular weight is 472 g/mol. The molecule has 2 heterocycles. The van der Waals surface area contributed by atoms with E-state index in [1.54, 1.807) is 24.4 Å². The van der Waals surface area contributed by atoms with Gasteiger partial charge in [-0.2, -0.15) is 0 Å². The summed E-state index contributed by atoms with van der Waals surface area (Å²) >= 11 is 12.1. The van der Waals surface area contributed by atoms with Gasteiger partial charge in [-0.05, 0) is 53.6 Å². The standard InChI is InChI=1S/C24H23Cl2N3O3/c25-19-11-18(12-20(26)14-19)16-32-21-4-1-3-17(13-21)15-28-7-9-29(10-8-28)23-22(24(30)31)5-2-6-27-23/h1-6,11-14H,7-10,15-16H2,(H,30,31). The van der Waals surface area contributed by atoms with Crippen molar-refractivity contribution in [2.45, 2.75) is 13.2 Å². The fourth-order valence-electron chi connectivity index (χ4n) is 3.79. The molecule has 0 radical (unpaired) electrons. The summed E-state index contributed by atoms with van der Waals surface area (Å²) in [5, 5.41) is 10.6. The minimum atomic E-state index is -0.951. The van der Waals surface area contributed by atoms with Gasteiger partial charge in [0.1, 0.15) is 23.7 Å². The number of aromatic carboxylic acids is 1. The molecule has 0 spiro atoms. The third kappa shape index (κ3) is 5.71. The van der Waals surface area contributed by atoms with Crippen molar-refractivity contribution >= 4 is 35.0 Å². The van der Waals surface area contributed by atoms with E-state index in [-0.39, 0.29) is 5.56 Å². The van der Waals surface area contributed by atoms with E-state index < -0.39 is 5.97 Å². The smallest absolute Gasteiger partial charge is 0.339 e. The summed E-state index contributed by atoms with van der Waals surface area (Å²) < 4.78 is 5.93. The van der Waals surface area contributed by atoms with Gasteiger partial charge in [-0.1, -0.05) is 35.3 Å². The molecular weight excluding hydrogens is 449 g/mol. The molecule has 6 nitrogen and oxygen atoms in total. The van der Waals surface area contributed by atoms with Crippen LogP contribution >= 0.6 is 23.2 Å². The van der Waals surface area contributed by atoms with Gasteiger partial charge in [-0.25, -0.2) is 9.78 Å². The van der Waals surface area contributed by atoms with Gasteiger partial charge in [0.05, 0.1) is 0 Å². The van der Waals surface area contributed by atoms with Crippen LogP contribution < -0.4 is 9.64 Å². The number of benzene rings is 2. The van der Waals surface area contributed by atoms with Gasteiger partial charge in [0, 0.05) is 49.0 Å². The van der Waals surface area contributed by atoms with Gasteiger partial charge < -0.3 is 14.7 Å². The lowest BCUT2D eigenvalue weighted by Gasteiger charge is -2.35. The molecule has 4 rings (SSSR count). The SMILES string of the molecule is O=C(O)c1cccnc1N1CCN(Cc2cccc(OCc3cc(Cl)cc(Cl)c3)c2)CC1. The molecule has 1 aliphatic rings. The number of carbonyl (C=O) groups is 1. The normalized spacial score (nSPS) is 14.4. The van der Waals surface area contributed by atoms with Gasteiger partial charge >= 0.3 is 5.97 Å². The van der Waals surface area contributed by atoms with E-state index in [1.807, 2.05) is 35.2 Å². The maximum Gasteiger partial charge on any atom is 0.339 e. The van der Waals surface area contributed by atoms with E-state index in [1.165, 1.54) is 0 Å². The Morgan fingerprint density at radius 1 is 0.969 bits per heavy atom. The monoisotopic (exact) mass is 471 g/mol. The molecule has 166 valence electrons. The van der Waals surface area contributed by atoms with E-state index in [2.05, 4.69) is 16.0 Å². The summed E-state index contributed by atoms with van der Waals surface area (Å²) in [5.41, 5.74) is 2.32. The van der Waals surface area contributed by atoms with Crippen LogP contribution in [0, 0.1) is 0 Å². The Labute approximate surface area is 197 Å². The zero-order valence-corrected chi connectivity index (χ0v) is 18.9. The van der Waals surface area contributed by atoms with E-state index in [9.17, 15) is 9.90 Å². The molecule has 2 aromatic carbocycles. The summed E-state index contributed by atoms with van der Waals surface area (Å²) in [7, 11) is 0. The van der Waals surface area contributed by atoms with Crippen LogP contribution in [0.2, 0.25) is 10.0 Å². The zero-order valence-electron chi connectivity index (χ0n) is 17.4. The number of rotatable bonds is 7. The highest BCUT2D eigenvalue weighted by Crippen LogP contribution is 2.23. The lowest BCUT2D eigenvalue weighted by atomic mass is 10.1. The van der Waals surface area contributed by atoms with Crippen molar-refractivity contribution in [2.75, 3.05) is 31.1 Å². The number of ether oxygens (including phenoxy) is 1. The first-order valence-electron chi connectivity index (χ1n) is 10.3. The summed E-state index contributed by atoms with van der Waals surface area (Å²) in [4.78, 5) is 20.2. The van der Waals surface area contributed by atoms with Gasteiger partial charge in [-0.15, -0.1) is 0 Å². The highest BCUT2D eigenvalue weighted by atomic mass is 35.5. The molecule has 1 aliphatic heterocycles. The van der Waals surface area contributed by atoms with Gasteiger partial charge in [0.2, 0.25) is 0 Å². The minimum absolute atomic E-state index is 0.242. The van der Waals surface area contributed by atoms with Gasteiger partial charge in [0.15, 0.2) is 0 Å². The predicted molar refractivity (Wildman–Crippen MR) is 126 cm³/mol. The second-order valence-electron chi connectivity index (χ2n) is 7.66. The highest BCUT2D eigenvalue weighted by Gasteiger charge is 2.22. The number of carboxylic acid groups (broad SMARTS) is 1. The third-order valence-electron chi connectivity index (χ3n) is 5.32.